The van der Waals surface area contributed by atoms with E-state index in [9.17, 15) is 9.90 Å². The fraction of sp³-hybridized carbons (Fsp3) is 0.815. The lowest BCUT2D eigenvalue weighted by Crippen LogP contribution is -2.49. The maximum atomic E-state index is 14.1. The van der Waals surface area contributed by atoms with Gasteiger partial charge in [0.25, 0.3) is 0 Å². The molecule has 0 aromatic heterocycles. The predicted molar refractivity (Wildman–Crippen MR) is 120 cm³/mol. The first kappa shape index (κ1) is 20.6. The lowest BCUT2D eigenvalue weighted by Gasteiger charge is -2.48. The lowest BCUT2D eigenvalue weighted by molar-refractivity contribution is -0.123. The van der Waals surface area contributed by atoms with E-state index in [0.29, 0.717) is 35.5 Å². The van der Waals surface area contributed by atoms with E-state index in [2.05, 4.69) is 39.1 Å². The molecular weight excluding hydrogens is 386 g/mol. The van der Waals surface area contributed by atoms with Gasteiger partial charge in [-0.1, -0.05) is 32.4 Å². The van der Waals surface area contributed by atoms with Gasteiger partial charge in [0.05, 0.1) is 17.8 Å². The molecule has 4 nitrogen and oxygen atoms in total. The Morgan fingerprint density at radius 3 is 2.84 bits per heavy atom. The second-order valence-corrected chi connectivity index (χ2v) is 12.1. The first-order valence-corrected chi connectivity index (χ1v) is 12.8. The molecule has 4 aliphatic carbocycles. The molecule has 31 heavy (non-hydrogen) atoms. The number of carbonyl (C=O) groups is 1. The highest BCUT2D eigenvalue weighted by Gasteiger charge is 2.63. The number of allylic oxidation sites excluding steroid dienone is 2. The molecule has 1 spiro atoms. The van der Waals surface area contributed by atoms with Crippen molar-refractivity contribution in [2.75, 3.05) is 6.54 Å². The number of ether oxygens (including phenoxy) is 1. The Hall–Kier alpha value is -0.970. The third kappa shape index (κ3) is 2.62. The van der Waals surface area contributed by atoms with Gasteiger partial charge in [-0.15, -0.1) is 0 Å². The van der Waals surface area contributed by atoms with Crippen molar-refractivity contribution in [1.82, 2.24) is 5.32 Å². The summed E-state index contributed by atoms with van der Waals surface area (Å²) in [6.07, 6.45) is 9.23. The molecule has 0 unspecified atom stereocenters. The fourth-order valence-electron chi connectivity index (χ4n) is 8.93. The molecule has 0 amide bonds. The zero-order valence-electron chi connectivity index (χ0n) is 19.6. The van der Waals surface area contributed by atoms with Crippen LogP contribution >= 0.6 is 0 Å². The molecule has 6 rings (SSSR count). The van der Waals surface area contributed by atoms with Gasteiger partial charge >= 0.3 is 0 Å². The highest BCUT2D eigenvalue weighted by molar-refractivity contribution is 6.02. The maximum absolute atomic E-state index is 14.1. The quantitative estimate of drug-likeness (QED) is 0.572. The average molecular weight is 426 g/mol. The van der Waals surface area contributed by atoms with Gasteiger partial charge in [-0.05, 0) is 87.2 Å². The summed E-state index contributed by atoms with van der Waals surface area (Å²) in [5, 5.41) is 14.0. The van der Waals surface area contributed by atoms with Gasteiger partial charge in [-0.25, -0.2) is 0 Å². The summed E-state index contributed by atoms with van der Waals surface area (Å²) in [7, 11) is 0. The number of aliphatic hydroxyl groups excluding tert-OH is 1. The second-order valence-electron chi connectivity index (χ2n) is 12.1. The predicted octanol–water partition coefficient (Wildman–Crippen LogP) is 4.18. The van der Waals surface area contributed by atoms with Crippen molar-refractivity contribution in [2.24, 2.45) is 35.0 Å². The van der Waals surface area contributed by atoms with Crippen LogP contribution in [0.5, 0.6) is 0 Å². The Kier molecular flexibility index (Phi) is 4.51. The van der Waals surface area contributed by atoms with Gasteiger partial charge in [0.2, 0.25) is 0 Å². The van der Waals surface area contributed by atoms with Gasteiger partial charge < -0.3 is 15.2 Å². The van der Waals surface area contributed by atoms with E-state index in [-0.39, 0.29) is 29.1 Å². The maximum Gasteiger partial charge on any atom is 0.163 e. The Labute approximate surface area is 186 Å². The molecule has 2 N–H and O–H groups in total. The number of hydrogen-bond acceptors (Lipinski definition) is 4. The van der Waals surface area contributed by atoms with Crippen molar-refractivity contribution in [2.45, 2.75) is 96.5 Å². The largest absolute Gasteiger partial charge is 0.393 e. The van der Waals surface area contributed by atoms with Gasteiger partial charge in [-0.3, -0.25) is 4.79 Å². The molecule has 4 heteroatoms. The number of fused-ring (bicyclic) bond motifs is 6. The molecule has 10 atom stereocenters. The van der Waals surface area contributed by atoms with Crippen LogP contribution in [0.1, 0.15) is 72.6 Å². The smallest absolute Gasteiger partial charge is 0.163 e. The van der Waals surface area contributed by atoms with E-state index in [1.165, 1.54) is 11.1 Å². The zero-order chi connectivity index (χ0) is 21.7. The van der Waals surface area contributed by atoms with Crippen molar-refractivity contribution < 1.29 is 14.6 Å². The van der Waals surface area contributed by atoms with Crippen LogP contribution in [0.3, 0.4) is 0 Å². The van der Waals surface area contributed by atoms with Crippen LogP contribution in [-0.4, -0.2) is 41.3 Å². The first-order chi connectivity index (χ1) is 14.8. The molecule has 2 heterocycles. The number of carbonyl (C=O) groups excluding carboxylic acids is 1. The molecule has 4 fully saturated rings. The Bertz CT molecular complexity index is 876. The van der Waals surface area contributed by atoms with Crippen molar-refractivity contribution >= 4 is 5.78 Å². The van der Waals surface area contributed by atoms with Gasteiger partial charge in [0.15, 0.2) is 5.78 Å². The summed E-state index contributed by atoms with van der Waals surface area (Å²) < 4.78 is 6.93. The molecule has 6 aliphatic rings. The first-order valence-electron chi connectivity index (χ1n) is 12.8. The molecule has 170 valence electrons. The van der Waals surface area contributed by atoms with Crippen LogP contribution in [-0.2, 0) is 9.53 Å². The standard InChI is InChI=1S/C27H39NO3/c1-14-11-21-24(28-13-14)16(3)27(31-21)10-8-19-20-6-5-17-12-18(29)7-9-26(17,4)23(20)25(30)22(19)15(27)2/h5,14,16,18-21,23-24,28-29H,6-13H2,1-4H3/t14-,16+,18-,19-,20-,21-,23+,24-,26-,27+/m0/s1. The van der Waals surface area contributed by atoms with E-state index in [4.69, 9.17) is 4.74 Å². The third-order valence-corrected chi connectivity index (χ3v) is 10.6. The summed E-state index contributed by atoms with van der Waals surface area (Å²) in [5.74, 6) is 2.41. The van der Waals surface area contributed by atoms with Crippen molar-refractivity contribution in [3.8, 4) is 0 Å². The minimum Gasteiger partial charge on any atom is -0.393 e. The van der Waals surface area contributed by atoms with Gasteiger partial charge in [0.1, 0.15) is 0 Å². The summed E-state index contributed by atoms with van der Waals surface area (Å²) >= 11 is 0. The van der Waals surface area contributed by atoms with E-state index < -0.39 is 0 Å². The van der Waals surface area contributed by atoms with Crippen LogP contribution in [0.25, 0.3) is 0 Å². The number of Topliss-reactive ketones (excluding diaryl/α,β-unsaturated/α-hetero) is 1. The summed E-state index contributed by atoms with van der Waals surface area (Å²) in [6, 6.07) is 0.410. The molecule has 0 radical (unpaired) electrons. The van der Waals surface area contributed by atoms with Crippen molar-refractivity contribution in [1.29, 1.82) is 0 Å². The van der Waals surface area contributed by atoms with E-state index >= 15 is 0 Å². The number of hydrogen-bond donors (Lipinski definition) is 2. The van der Waals surface area contributed by atoms with Crippen LogP contribution in [0, 0.1) is 35.0 Å². The fourth-order valence-corrected chi connectivity index (χ4v) is 8.93. The van der Waals surface area contributed by atoms with E-state index in [1.54, 1.807) is 0 Å². The highest BCUT2D eigenvalue weighted by Crippen LogP contribution is 2.63. The lowest BCUT2D eigenvalue weighted by atomic mass is 9.56. The second kappa shape index (κ2) is 6.77. The van der Waals surface area contributed by atoms with Crippen molar-refractivity contribution in [3.05, 3.63) is 22.8 Å². The zero-order valence-corrected chi connectivity index (χ0v) is 19.6. The molecule has 0 bridgehead atoms. The minimum absolute atomic E-state index is 0.0653. The minimum atomic E-state index is -0.263. The molecule has 2 saturated heterocycles. The average Bonchev–Trinajstić information content (AvgIpc) is 3.18. The highest BCUT2D eigenvalue weighted by atomic mass is 16.5. The van der Waals surface area contributed by atoms with Gasteiger partial charge in [-0.2, -0.15) is 0 Å². The molecular formula is C27H39NO3. The number of nitrogens with one attached hydrogen (secondary N) is 1. The topological polar surface area (TPSA) is 58.6 Å². The summed E-state index contributed by atoms with van der Waals surface area (Å²) in [6.45, 7) is 10.3. The number of aliphatic hydroxyl groups is 1. The molecule has 0 aromatic carbocycles. The van der Waals surface area contributed by atoms with E-state index in [1.807, 2.05) is 0 Å². The Balaban J connectivity index is 1.39. The molecule has 0 aromatic rings. The van der Waals surface area contributed by atoms with E-state index in [0.717, 1.165) is 57.1 Å². The van der Waals surface area contributed by atoms with Crippen molar-refractivity contribution in [3.63, 3.8) is 0 Å². The van der Waals surface area contributed by atoms with Gasteiger partial charge in [0, 0.05) is 23.5 Å². The van der Waals surface area contributed by atoms with Crippen LogP contribution in [0.2, 0.25) is 0 Å². The third-order valence-electron chi connectivity index (χ3n) is 10.6. The van der Waals surface area contributed by atoms with Crippen LogP contribution < -0.4 is 5.32 Å². The number of piperidine rings is 1. The number of ketones is 1. The normalized spacial score (nSPS) is 53.7. The monoisotopic (exact) mass is 425 g/mol. The van der Waals surface area contributed by atoms with Crippen LogP contribution in [0.4, 0.5) is 0 Å². The number of rotatable bonds is 0. The Morgan fingerprint density at radius 1 is 1.23 bits per heavy atom. The Morgan fingerprint density at radius 2 is 2.03 bits per heavy atom. The summed E-state index contributed by atoms with van der Waals surface area (Å²) in [4.78, 5) is 14.1. The SMILES string of the molecule is CC1=C2C(=O)[C@H]3[C@@H](CC=C4C[C@@H](O)CC[C@@]43C)[C@@H]2CC[C@@]12O[C@H]1C[C@H](C)CN[C@H]1[C@H]2C. The molecule has 2 aliphatic heterocycles. The summed E-state index contributed by atoms with van der Waals surface area (Å²) in [5.41, 5.74) is 3.43. The van der Waals surface area contributed by atoms with Crippen LogP contribution in [0.15, 0.2) is 22.8 Å². The molecule has 2 saturated carbocycles.